The number of aromatic nitrogens is 2. The minimum absolute atomic E-state index is 0.0269. The Morgan fingerprint density at radius 3 is 2.64 bits per heavy atom. The van der Waals surface area contributed by atoms with Crippen LogP contribution in [0.25, 0.3) is 11.5 Å². The Bertz CT molecular complexity index is 1070. The van der Waals surface area contributed by atoms with Crippen molar-refractivity contribution in [3.8, 4) is 17.5 Å². The molecular formula is C20H17N5O3. The number of anilines is 1. The molecule has 140 valence electrons. The molecule has 4 rings (SSSR count). The lowest BCUT2D eigenvalue weighted by Crippen LogP contribution is -2.52. The molecule has 1 aromatic carbocycles. The van der Waals surface area contributed by atoms with Gasteiger partial charge in [0.05, 0.1) is 11.6 Å². The van der Waals surface area contributed by atoms with Crippen LogP contribution in [0, 0.1) is 18.3 Å². The van der Waals surface area contributed by atoms with Crippen LogP contribution >= 0.6 is 0 Å². The number of H-pyrrole nitrogens is 1. The number of carbonyl (C=O) groups excluding carboxylic acids is 2. The molecule has 0 atom stereocenters. The molecule has 8 nitrogen and oxygen atoms in total. The van der Waals surface area contributed by atoms with E-state index >= 15 is 0 Å². The fraction of sp³-hybridized carbons (Fsp3) is 0.200. The molecule has 2 amide bonds. The highest BCUT2D eigenvalue weighted by atomic mass is 16.3. The van der Waals surface area contributed by atoms with Gasteiger partial charge in [0.2, 0.25) is 5.91 Å². The zero-order valence-electron chi connectivity index (χ0n) is 15.2. The van der Waals surface area contributed by atoms with Gasteiger partial charge in [-0.05, 0) is 43.3 Å². The summed E-state index contributed by atoms with van der Waals surface area (Å²) in [4.78, 5) is 28.4. The number of hydrogen-bond acceptors (Lipinski definition) is 5. The van der Waals surface area contributed by atoms with Crippen molar-refractivity contribution in [3.05, 3.63) is 59.5 Å². The van der Waals surface area contributed by atoms with E-state index in [0.29, 0.717) is 35.8 Å². The third-order valence-electron chi connectivity index (χ3n) is 4.62. The smallest absolute Gasteiger partial charge is 0.274 e. The predicted molar refractivity (Wildman–Crippen MR) is 100 cm³/mol. The van der Waals surface area contributed by atoms with Crippen molar-refractivity contribution in [1.82, 2.24) is 15.1 Å². The summed E-state index contributed by atoms with van der Waals surface area (Å²) in [6.45, 7) is 2.59. The SMILES string of the molecule is Cc1ccc(-c2cc(C(=O)N3CCN(c4ccc(C#N)cc4)C(=O)C3)n[nH]2)o1. The van der Waals surface area contributed by atoms with E-state index in [9.17, 15) is 9.59 Å². The fourth-order valence-corrected chi connectivity index (χ4v) is 3.13. The molecule has 0 saturated carbocycles. The van der Waals surface area contributed by atoms with Crippen LogP contribution in [0.3, 0.4) is 0 Å². The second-order valence-electron chi connectivity index (χ2n) is 6.51. The molecule has 0 spiro atoms. The van der Waals surface area contributed by atoms with Gasteiger partial charge in [0.25, 0.3) is 5.91 Å². The lowest BCUT2D eigenvalue weighted by atomic mass is 10.2. The first-order valence-electron chi connectivity index (χ1n) is 8.77. The van der Waals surface area contributed by atoms with E-state index in [1.165, 1.54) is 4.90 Å². The topological polar surface area (TPSA) is 106 Å². The molecule has 3 aromatic rings. The van der Waals surface area contributed by atoms with E-state index in [-0.39, 0.29) is 24.1 Å². The number of amides is 2. The number of furan rings is 1. The minimum Gasteiger partial charge on any atom is -0.460 e. The summed E-state index contributed by atoms with van der Waals surface area (Å²) in [7, 11) is 0. The Morgan fingerprint density at radius 1 is 1.21 bits per heavy atom. The highest BCUT2D eigenvalue weighted by molar-refractivity contribution is 6.01. The normalized spacial score (nSPS) is 14.2. The molecule has 1 saturated heterocycles. The Hall–Kier alpha value is -3.86. The van der Waals surface area contributed by atoms with Gasteiger partial charge >= 0.3 is 0 Å². The van der Waals surface area contributed by atoms with Gasteiger partial charge in [-0.1, -0.05) is 0 Å². The number of rotatable bonds is 3. The Balaban J connectivity index is 1.45. The third-order valence-corrected chi connectivity index (χ3v) is 4.62. The minimum atomic E-state index is -0.307. The molecule has 1 aliphatic rings. The van der Waals surface area contributed by atoms with Crippen LogP contribution in [0.15, 0.2) is 46.9 Å². The number of carbonyl (C=O) groups is 2. The molecule has 0 bridgehead atoms. The zero-order valence-corrected chi connectivity index (χ0v) is 15.2. The van der Waals surface area contributed by atoms with Crippen LogP contribution < -0.4 is 4.90 Å². The van der Waals surface area contributed by atoms with Crippen molar-refractivity contribution in [3.63, 3.8) is 0 Å². The molecule has 1 aliphatic heterocycles. The summed E-state index contributed by atoms with van der Waals surface area (Å²) in [6, 6.07) is 14.1. The van der Waals surface area contributed by atoms with Gasteiger partial charge < -0.3 is 14.2 Å². The highest BCUT2D eigenvalue weighted by Gasteiger charge is 2.29. The maximum Gasteiger partial charge on any atom is 0.274 e. The monoisotopic (exact) mass is 375 g/mol. The van der Waals surface area contributed by atoms with Crippen LogP contribution in [0.5, 0.6) is 0 Å². The second kappa shape index (κ2) is 7.04. The van der Waals surface area contributed by atoms with Crippen molar-refractivity contribution in [1.29, 1.82) is 5.26 Å². The number of benzene rings is 1. The quantitative estimate of drug-likeness (QED) is 0.756. The third kappa shape index (κ3) is 3.25. The number of nitriles is 1. The first-order chi connectivity index (χ1) is 13.5. The summed E-state index contributed by atoms with van der Waals surface area (Å²) in [5, 5.41) is 15.7. The maximum absolute atomic E-state index is 12.7. The number of piperazine rings is 1. The summed E-state index contributed by atoms with van der Waals surface area (Å²) in [5.74, 6) is 0.882. The highest BCUT2D eigenvalue weighted by Crippen LogP contribution is 2.22. The molecule has 2 aromatic heterocycles. The van der Waals surface area contributed by atoms with E-state index < -0.39 is 0 Å². The van der Waals surface area contributed by atoms with Crippen LogP contribution in [0.1, 0.15) is 21.8 Å². The first-order valence-corrected chi connectivity index (χ1v) is 8.77. The number of hydrogen-bond donors (Lipinski definition) is 1. The van der Waals surface area contributed by atoms with Gasteiger partial charge in [0.15, 0.2) is 11.5 Å². The Kier molecular flexibility index (Phi) is 4.41. The average Bonchev–Trinajstić information content (AvgIpc) is 3.36. The van der Waals surface area contributed by atoms with Crippen LogP contribution in [0.4, 0.5) is 5.69 Å². The summed E-state index contributed by atoms with van der Waals surface area (Å²) in [5.41, 5.74) is 2.10. The predicted octanol–water partition coefficient (Wildman–Crippen LogP) is 2.34. The van der Waals surface area contributed by atoms with E-state index in [2.05, 4.69) is 16.3 Å². The van der Waals surface area contributed by atoms with E-state index in [4.69, 9.17) is 9.68 Å². The molecule has 3 heterocycles. The largest absolute Gasteiger partial charge is 0.460 e. The molecule has 1 N–H and O–H groups in total. The number of aryl methyl sites for hydroxylation is 1. The van der Waals surface area contributed by atoms with Crippen LogP contribution in [-0.2, 0) is 4.79 Å². The van der Waals surface area contributed by atoms with E-state index in [1.54, 1.807) is 41.3 Å². The lowest BCUT2D eigenvalue weighted by molar-refractivity contribution is -0.120. The second-order valence-corrected chi connectivity index (χ2v) is 6.51. The fourth-order valence-electron chi connectivity index (χ4n) is 3.13. The summed E-state index contributed by atoms with van der Waals surface area (Å²) in [6.07, 6.45) is 0. The molecule has 0 radical (unpaired) electrons. The zero-order chi connectivity index (χ0) is 19.7. The average molecular weight is 375 g/mol. The van der Waals surface area contributed by atoms with Gasteiger partial charge in [0.1, 0.15) is 18.0 Å². The molecule has 1 fully saturated rings. The molecule has 8 heteroatoms. The van der Waals surface area contributed by atoms with Gasteiger partial charge in [0, 0.05) is 24.8 Å². The van der Waals surface area contributed by atoms with Crippen molar-refractivity contribution < 1.29 is 14.0 Å². The number of nitrogens with one attached hydrogen (secondary N) is 1. The standard InChI is InChI=1S/C20H17N5O3/c1-13-2-7-18(28-13)16-10-17(23-22-16)20(27)24-8-9-25(19(26)12-24)15-5-3-14(11-21)4-6-15/h2-7,10H,8-9,12H2,1H3,(H,22,23). The Labute approximate surface area is 161 Å². The lowest BCUT2D eigenvalue weighted by Gasteiger charge is -2.34. The first kappa shape index (κ1) is 17.5. The van der Waals surface area contributed by atoms with Crippen molar-refractivity contribution in [2.45, 2.75) is 6.92 Å². The van der Waals surface area contributed by atoms with Crippen LogP contribution in [-0.4, -0.2) is 46.5 Å². The summed E-state index contributed by atoms with van der Waals surface area (Å²) >= 11 is 0. The summed E-state index contributed by atoms with van der Waals surface area (Å²) < 4.78 is 5.53. The Morgan fingerprint density at radius 2 is 2.00 bits per heavy atom. The molecule has 28 heavy (non-hydrogen) atoms. The van der Waals surface area contributed by atoms with Gasteiger partial charge in [-0.15, -0.1) is 0 Å². The van der Waals surface area contributed by atoms with E-state index in [1.807, 2.05) is 13.0 Å². The number of nitrogens with zero attached hydrogens (tertiary/aromatic N) is 4. The molecular weight excluding hydrogens is 358 g/mol. The molecule has 0 unspecified atom stereocenters. The van der Waals surface area contributed by atoms with Gasteiger partial charge in [-0.2, -0.15) is 10.4 Å². The molecule has 0 aliphatic carbocycles. The number of aromatic amines is 1. The van der Waals surface area contributed by atoms with E-state index in [0.717, 1.165) is 5.76 Å². The van der Waals surface area contributed by atoms with Crippen molar-refractivity contribution in [2.75, 3.05) is 24.5 Å². The van der Waals surface area contributed by atoms with Gasteiger partial charge in [-0.3, -0.25) is 14.7 Å². The maximum atomic E-state index is 12.7. The van der Waals surface area contributed by atoms with Crippen molar-refractivity contribution >= 4 is 17.5 Å². The van der Waals surface area contributed by atoms with Crippen LogP contribution in [0.2, 0.25) is 0 Å². The van der Waals surface area contributed by atoms with Crippen molar-refractivity contribution in [2.24, 2.45) is 0 Å². The van der Waals surface area contributed by atoms with Gasteiger partial charge in [-0.25, -0.2) is 0 Å².